The van der Waals surface area contributed by atoms with Gasteiger partial charge in [-0.3, -0.25) is 0 Å². The van der Waals surface area contributed by atoms with Gasteiger partial charge in [0.1, 0.15) is 0 Å². The van der Waals surface area contributed by atoms with Crippen molar-refractivity contribution in [2.75, 3.05) is 0 Å². The van der Waals surface area contributed by atoms with E-state index < -0.39 is 3.79 Å². The van der Waals surface area contributed by atoms with Crippen molar-refractivity contribution in [1.29, 1.82) is 0 Å². The molecule has 0 radical (unpaired) electrons. The van der Waals surface area contributed by atoms with Gasteiger partial charge < -0.3 is 10.2 Å². The predicted molar refractivity (Wildman–Crippen MR) is 51.3 cm³/mol. The molecule has 3 heteroatoms. The maximum Gasteiger partial charge on any atom is 0.220 e. The molecule has 0 aliphatic heterocycles. The first kappa shape index (κ1) is 8.96. The van der Waals surface area contributed by atoms with Crippen LogP contribution in [0.15, 0.2) is 30.3 Å². The maximum absolute atomic E-state index is 9.01. The van der Waals surface area contributed by atoms with Crippen molar-refractivity contribution < 1.29 is 10.2 Å². The topological polar surface area (TPSA) is 40.5 Å². The van der Waals surface area contributed by atoms with E-state index in [0.717, 1.165) is 5.56 Å². The molecule has 0 saturated carbocycles. The smallest absolute Gasteiger partial charge is 0.220 e. The average molecular weight is 264 g/mol. The van der Waals surface area contributed by atoms with E-state index in [1.807, 2.05) is 30.3 Å². The lowest BCUT2D eigenvalue weighted by molar-refractivity contribution is -0.0564. The van der Waals surface area contributed by atoms with Crippen LogP contribution < -0.4 is 0 Å². The van der Waals surface area contributed by atoms with E-state index in [2.05, 4.69) is 0 Å². The molecule has 0 fully saturated rings. The molecule has 0 saturated heterocycles. The molecule has 1 aromatic carbocycles. The Kier molecular flexibility index (Phi) is 2.86. The highest BCUT2D eigenvalue weighted by molar-refractivity contribution is 14.1. The van der Waals surface area contributed by atoms with Crippen molar-refractivity contribution in [3.05, 3.63) is 35.9 Å². The minimum atomic E-state index is -1.63. The van der Waals surface area contributed by atoms with Crippen LogP contribution >= 0.6 is 22.6 Å². The Labute approximate surface area is 79.0 Å². The molecule has 0 heterocycles. The number of halogens is 1. The highest BCUT2D eigenvalue weighted by Gasteiger charge is 2.17. The summed E-state index contributed by atoms with van der Waals surface area (Å²) in [7, 11) is 0. The number of alkyl halides is 1. The Morgan fingerprint density at radius 3 is 2.18 bits per heavy atom. The van der Waals surface area contributed by atoms with Gasteiger partial charge in [-0.15, -0.1) is 0 Å². The van der Waals surface area contributed by atoms with Gasteiger partial charge in [-0.25, -0.2) is 0 Å². The molecule has 0 amide bonds. The number of benzene rings is 1. The standard InChI is InChI=1S/C8H9IO2/c9-8(10,11)6-7-4-2-1-3-5-7/h1-5,10-11H,6H2. The molecule has 2 N–H and O–H groups in total. The predicted octanol–water partition coefficient (Wildman–Crippen LogP) is 1.30. The minimum Gasteiger partial charge on any atom is -0.357 e. The van der Waals surface area contributed by atoms with Gasteiger partial charge in [-0.2, -0.15) is 0 Å². The molecular weight excluding hydrogens is 255 g/mol. The third-order valence-electron chi connectivity index (χ3n) is 1.27. The Hall–Kier alpha value is -0.130. The van der Waals surface area contributed by atoms with Crippen LogP contribution in [0.5, 0.6) is 0 Å². The molecule has 0 atom stereocenters. The fourth-order valence-corrected chi connectivity index (χ4v) is 1.30. The van der Waals surface area contributed by atoms with Crippen molar-refractivity contribution in [2.45, 2.75) is 10.2 Å². The van der Waals surface area contributed by atoms with Gasteiger partial charge in [-0.05, 0) is 28.2 Å². The fraction of sp³-hybridized carbons (Fsp3) is 0.250. The number of hydrogen-bond acceptors (Lipinski definition) is 2. The van der Waals surface area contributed by atoms with Crippen molar-refractivity contribution in [3.8, 4) is 0 Å². The number of rotatable bonds is 2. The van der Waals surface area contributed by atoms with Crippen molar-refractivity contribution in [1.82, 2.24) is 0 Å². The summed E-state index contributed by atoms with van der Waals surface area (Å²) in [5.74, 6) is 0. The largest absolute Gasteiger partial charge is 0.357 e. The van der Waals surface area contributed by atoms with Gasteiger partial charge in [0.15, 0.2) is 0 Å². The number of hydrogen-bond donors (Lipinski definition) is 2. The quantitative estimate of drug-likeness (QED) is 0.480. The third-order valence-corrected chi connectivity index (χ3v) is 1.65. The summed E-state index contributed by atoms with van der Waals surface area (Å²) < 4.78 is -1.63. The molecule has 0 bridgehead atoms. The van der Waals surface area contributed by atoms with Crippen LogP contribution in [0.25, 0.3) is 0 Å². The van der Waals surface area contributed by atoms with Gasteiger partial charge in [-0.1, -0.05) is 30.3 Å². The molecule has 0 aliphatic rings. The van der Waals surface area contributed by atoms with Crippen molar-refractivity contribution in [2.24, 2.45) is 0 Å². The summed E-state index contributed by atoms with van der Waals surface area (Å²) in [6.07, 6.45) is 0.258. The van der Waals surface area contributed by atoms with E-state index in [4.69, 9.17) is 10.2 Å². The minimum absolute atomic E-state index is 0.258. The second-order valence-electron chi connectivity index (χ2n) is 2.38. The molecule has 0 aliphatic carbocycles. The van der Waals surface area contributed by atoms with Crippen LogP contribution in [-0.4, -0.2) is 14.0 Å². The molecule has 0 aromatic heterocycles. The molecule has 11 heavy (non-hydrogen) atoms. The lowest BCUT2D eigenvalue weighted by atomic mass is 10.1. The highest BCUT2D eigenvalue weighted by Crippen LogP contribution is 2.16. The maximum atomic E-state index is 9.01. The molecule has 0 spiro atoms. The molecule has 1 rings (SSSR count). The Morgan fingerprint density at radius 1 is 1.18 bits per heavy atom. The van der Waals surface area contributed by atoms with E-state index in [9.17, 15) is 0 Å². The van der Waals surface area contributed by atoms with Crippen LogP contribution in [0.3, 0.4) is 0 Å². The van der Waals surface area contributed by atoms with Crippen molar-refractivity contribution >= 4 is 22.6 Å². The fourth-order valence-electron chi connectivity index (χ4n) is 0.856. The monoisotopic (exact) mass is 264 g/mol. The zero-order valence-electron chi connectivity index (χ0n) is 5.87. The lowest BCUT2D eigenvalue weighted by Crippen LogP contribution is -2.21. The van der Waals surface area contributed by atoms with E-state index in [0.29, 0.717) is 0 Å². The summed E-state index contributed by atoms with van der Waals surface area (Å²) in [5.41, 5.74) is 0.923. The van der Waals surface area contributed by atoms with E-state index >= 15 is 0 Å². The summed E-state index contributed by atoms with van der Waals surface area (Å²) in [5, 5.41) is 18.0. The van der Waals surface area contributed by atoms with Crippen molar-refractivity contribution in [3.63, 3.8) is 0 Å². The molecule has 0 unspecified atom stereocenters. The van der Waals surface area contributed by atoms with E-state index in [1.54, 1.807) is 22.6 Å². The number of aliphatic hydroxyl groups is 2. The van der Waals surface area contributed by atoms with Gasteiger partial charge >= 0.3 is 0 Å². The zero-order chi connectivity index (χ0) is 8.32. The lowest BCUT2D eigenvalue weighted by Gasteiger charge is -2.12. The van der Waals surface area contributed by atoms with Gasteiger partial charge in [0.05, 0.1) is 0 Å². The second kappa shape index (κ2) is 3.51. The highest BCUT2D eigenvalue weighted by atomic mass is 127. The van der Waals surface area contributed by atoms with Crippen LogP contribution in [0, 0.1) is 0 Å². The Morgan fingerprint density at radius 2 is 1.73 bits per heavy atom. The summed E-state index contributed by atoms with van der Waals surface area (Å²) in [6, 6.07) is 9.36. The first-order valence-corrected chi connectivity index (χ1v) is 4.33. The van der Waals surface area contributed by atoms with Gasteiger partial charge in [0.25, 0.3) is 0 Å². The van der Waals surface area contributed by atoms with Crippen LogP contribution in [0.4, 0.5) is 0 Å². The van der Waals surface area contributed by atoms with Crippen LogP contribution in [0.2, 0.25) is 0 Å². The molecule has 60 valence electrons. The van der Waals surface area contributed by atoms with E-state index in [1.165, 1.54) is 0 Å². The zero-order valence-corrected chi connectivity index (χ0v) is 8.02. The van der Waals surface area contributed by atoms with Crippen LogP contribution in [-0.2, 0) is 6.42 Å². The summed E-state index contributed by atoms with van der Waals surface area (Å²) >= 11 is 1.59. The summed E-state index contributed by atoms with van der Waals surface area (Å²) in [6.45, 7) is 0. The summed E-state index contributed by atoms with van der Waals surface area (Å²) in [4.78, 5) is 0. The second-order valence-corrected chi connectivity index (χ2v) is 4.11. The normalized spacial score (nSPS) is 11.5. The average Bonchev–Trinajstić information content (AvgIpc) is 1.85. The Balaban J connectivity index is 2.66. The molecular formula is C8H9IO2. The van der Waals surface area contributed by atoms with E-state index in [-0.39, 0.29) is 6.42 Å². The SMILES string of the molecule is OC(O)(I)Cc1ccccc1. The van der Waals surface area contributed by atoms with Gasteiger partial charge in [0.2, 0.25) is 3.79 Å². The van der Waals surface area contributed by atoms with Gasteiger partial charge in [0, 0.05) is 6.42 Å². The Bertz CT molecular complexity index is 215. The molecule has 2 nitrogen and oxygen atoms in total. The van der Waals surface area contributed by atoms with Crippen LogP contribution in [0.1, 0.15) is 5.56 Å². The first-order valence-electron chi connectivity index (χ1n) is 3.25. The third kappa shape index (κ3) is 3.69. The first-order chi connectivity index (χ1) is 5.08. The molecule has 1 aromatic rings.